The molecule has 0 bridgehead atoms. The molecule has 76 valence electrons. The number of nitrogens with two attached hydrogens (primary N) is 1. The van der Waals surface area contributed by atoms with Crippen LogP contribution in [0, 0.1) is 5.82 Å². The van der Waals surface area contributed by atoms with E-state index in [4.69, 9.17) is 15.2 Å². The van der Waals surface area contributed by atoms with Crippen molar-refractivity contribution in [3.63, 3.8) is 0 Å². The van der Waals surface area contributed by atoms with E-state index < -0.39 is 0 Å². The first-order chi connectivity index (χ1) is 6.83. The molecule has 0 fully saturated rings. The van der Waals surface area contributed by atoms with Crippen molar-refractivity contribution in [3.8, 4) is 11.5 Å². The SMILES string of the molecule is NCCc1ccc2c(c1F)OCCO2. The van der Waals surface area contributed by atoms with Crippen LogP contribution >= 0.6 is 0 Å². The van der Waals surface area contributed by atoms with Crippen LogP contribution in [-0.2, 0) is 6.42 Å². The number of halogens is 1. The lowest BCUT2D eigenvalue weighted by molar-refractivity contribution is 0.164. The molecule has 1 aromatic rings. The summed E-state index contributed by atoms with van der Waals surface area (Å²) in [7, 11) is 0. The normalized spacial score (nSPS) is 14.1. The quantitative estimate of drug-likeness (QED) is 0.772. The summed E-state index contributed by atoms with van der Waals surface area (Å²) in [4.78, 5) is 0. The molecule has 3 nitrogen and oxygen atoms in total. The summed E-state index contributed by atoms with van der Waals surface area (Å²) in [5.41, 5.74) is 5.95. The Morgan fingerprint density at radius 3 is 2.86 bits per heavy atom. The molecule has 0 radical (unpaired) electrons. The average Bonchev–Trinajstić information content (AvgIpc) is 2.23. The molecular formula is C10H12FNO2. The topological polar surface area (TPSA) is 44.5 Å². The number of rotatable bonds is 2. The summed E-state index contributed by atoms with van der Waals surface area (Å²) in [6.07, 6.45) is 0.516. The molecule has 2 N–H and O–H groups in total. The third-order valence-corrected chi connectivity index (χ3v) is 2.14. The second-order valence-electron chi connectivity index (χ2n) is 3.10. The van der Waals surface area contributed by atoms with Gasteiger partial charge in [0.25, 0.3) is 0 Å². The van der Waals surface area contributed by atoms with E-state index in [0.717, 1.165) is 0 Å². The third kappa shape index (κ3) is 1.53. The van der Waals surface area contributed by atoms with Crippen LogP contribution in [0.4, 0.5) is 4.39 Å². The van der Waals surface area contributed by atoms with Crippen LogP contribution in [0.3, 0.4) is 0 Å². The molecule has 1 aliphatic rings. The largest absolute Gasteiger partial charge is 0.486 e. The summed E-state index contributed by atoms with van der Waals surface area (Å²) >= 11 is 0. The molecule has 0 aromatic heterocycles. The lowest BCUT2D eigenvalue weighted by Crippen LogP contribution is -2.17. The average molecular weight is 197 g/mol. The summed E-state index contributed by atoms with van der Waals surface area (Å²) in [6.45, 7) is 1.30. The minimum absolute atomic E-state index is 0.224. The number of hydrogen-bond donors (Lipinski definition) is 1. The van der Waals surface area contributed by atoms with Crippen molar-refractivity contribution in [2.45, 2.75) is 6.42 Å². The standard InChI is InChI=1S/C10H12FNO2/c11-9-7(3-4-12)1-2-8-10(9)14-6-5-13-8/h1-2H,3-6,12H2. The van der Waals surface area contributed by atoms with Crippen molar-refractivity contribution in [1.29, 1.82) is 0 Å². The predicted octanol–water partition coefficient (Wildman–Crippen LogP) is 1.10. The third-order valence-electron chi connectivity index (χ3n) is 2.14. The molecule has 0 saturated carbocycles. The van der Waals surface area contributed by atoms with Gasteiger partial charge in [0.15, 0.2) is 17.3 Å². The summed E-state index contributed by atoms with van der Waals surface area (Å²) in [6, 6.07) is 3.41. The Bertz CT molecular complexity index is 341. The van der Waals surface area contributed by atoms with Gasteiger partial charge in [0.1, 0.15) is 13.2 Å². The van der Waals surface area contributed by atoms with Gasteiger partial charge in [-0.25, -0.2) is 4.39 Å². The zero-order valence-electron chi connectivity index (χ0n) is 7.75. The van der Waals surface area contributed by atoms with Gasteiger partial charge in [-0.15, -0.1) is 0 Å². The second-order valence-corrected chi connectivity index (χ2v) is 3.10. The van der Waals surface area contributed by atoms with Crippen molar-refractivity contribution in [2.24, 2.45) is 5.73 Å². The van der Waals surface area contributed by atoms with E-state index in [0.29, 0.717) is 37.5 Å². The minimum atomic E-state index is -0.340. The van der Waals surface area contributed by atoms with Crippen LogP contribution in [0.2, 0.25) is 0 Å². The first-order valence-corrected chi connectivity index (χ1v) is 4.60. The molecule has 0 spiro atoms. The van der Waals surface area contributed by atoms with Gasteiger partial charge in [0.05, 0.1) is 0 Å². The van der Waals surface area contributed by atoms with Gasteiger partial charge in [-0.1, -0.05) is 6.07 Å². The molecule has 0 amide bonds. The second kappa shape index (κ2) is 3.84. The lowest BCUT2D eigenvalue weighted by atomic mass is 10.1. The van der Waals surface area contributed by atoms with E-state index in [-0.39, 0.29) is 11.6 Å². The number of benzene rings is 1. The Labute approximate surface area is 81.6 Å². The van der Waals surface area contributed by atoms with Crippen LogP contribution in [0.15, 0.2) is 12.1 Å². The maximum atomic E-state index is 13.7. The summed E-state index contributed by atoms with van der Waals surface area (Å²) in [5.74, 6) is 0.365. The van der Waals surface area contributed by atoms with Gasteiger partial charge in [0.2, 0.25) is 0 Å². The highest BCUT2D eigenvalue weighted by molar-refractivity contribution is 5.45. The Morgan fingerprint density at radius 1 is 1.29 bits per heavy atom. The molecule has 14 heavy (non-hydrogen) atoms. The van der Waals surface area contributed by atoms with Gasteiger partial charge in [0, 0.05) is 0 Å². The molecule has 0 atom stereocenters. The predicted molar refractivity (Wildman–Crippen MR) is 50.1 cm³/mol. The molecule has 0 saturated heterocycles. The fraction of sp³-hybridized carbons (Fsp3) is 0.400. The Kier molecular flexibility index (Phi) is 2.54. The number of fused-ring (bicyclic) bond motifs is 1. The van der Waals surface area contributed by atoms with Crippen LogP contribution in [0.1, 0.15) is 5.56 Å². The number of ether oxygens (including phenoxy) is 2. The fourth-order valence-electron chi connectivity index (χ4n) is 1.47. The van der Waals surface area contributed by atoms with Crippen LogP contribution in [0.5, 0.6) is 11.5 Å². The summed E-state index contributed by atoms with van der Waals surface area (Å²) in [5, 5.41) is 0. The van der Waals surface area contributed by atoms with Crippen molar-refractivity contribution >= 4 is 0 Å². The molecule has 0 unspecified atom stereocenters. The first-order valence-electron chi connectivity index (χ1n) is 4.60. The molecule has 2 rings (SSSR count). The maximum absolute atomic E-state index is 13.7. The van der Waals surface area contributed by atoms with Gasteiger partial charge < -0.3 is 15.2 Å². The fourth-order valence-corrected chi connectivity index (χ4v) is 1.47. The Hall–Kier alpha value is -1.29. The van der Waals surface area contributed by atoms with E-state index in [1.54, 1.807) is 12.1 Å². The maximum Gasteiger partial charge on any atom is 0.197 e. The van der Waals surface area contributed by atoms with E-state index in [1.165, 1.54) is 0 Å². The molecule has 4 heteroatoms. The van der Waals surface area contributed by atoms with Gasteiger partial charge in [-0.05, 0) is 24.6 Å². The summed E-state index contributed by atoms with van der Waals surface area (Å²) < 4.78 is 24.1. The van der Waals surface area contributed by atoms with Crippen LogP contribution in [-0.4, -0.2) is 19.8 Å². The highest BCUT2D eigenvalue weighted by atomic mass is 19.1. The Balaban J connectivity index is 2.38. The van der Waals surface area contributed by atoms with Crippen molar-refractivity contribution in [1.82, 2.24) is 0 Å². The van der Waals surface area contributed by atoms with Crippen LogP contribution < -0.4 is 15.2 Å². The van der Waals surface area contributed by atoms with Gasteiger partial charge >= 0.3 is 0 Å². The Morgan fingerprint density at radius 2 is 2.07 bits per heavy atom. The molecular weight excluding hydrogens is 185 g/mol. The van der Waals surface area contributed by atoms with E-state index in [9.17, 15) is 4.39 Å². The van der Waals surface area contributed by atoms with E-state index in [1.807, 2.05) is 0 Å². The molecule has 1 heterocycles. The number of hydrogen-bond acceptors (Lipinski definition) is 3. The zero-order chi connectivity index (χ0) is 9.97. The first kappa shape index (κ1) is 9.27. The van der Waals surface area contributed by atoms with E-state index >= 15 is 0 Å². The molecule has 1 aromatic carbocycles. The van der Waals surface area contributed by atoms with Gasteiger partial charge in [-0.2, -0.15) is 0 Å². The van der Waals surface area contributed by atoms with E-state index in [2.05, 4.69) is 0 Å². The van der Waals surface area contributed by atoms with Gasteiger partial charge in [-0.3, -0.25) is 0 Å². The monoisotopic (exact) mass is 197 g/mol. The van der Waals surface area contributed by atoms with Crippen molar-refractivity contribution < 1.29 is 13.9 Å². The smallest absolute Gasteiger partial charge is 0.197 e. The zero-order valence-corrected chi connectivity index (χ0v) is 7.75. The lowest BCUT2D eigenvalue weighted by Gasteiger charge is -2.19. The molecule has 1 aliphatic heterocycles. The molecule has 0 aliphatic carbocycles. The van der Waals surface area contributed by atoms with Crippen molar-refractivity contribution in [3.05, 3.63) is 23.5 Å². The highest BCUT2D eigenvalue weighted by Gasteiger charge is 2.18. The minimum Gasteiger partial charge on any atom is -0.486 e. The van der Waals surface area contributed by atoms with Crippen molar-refractivity contribution in [2.75, 3.05) is 19.8 Å². The highest BCUT2D eigenvalue weighted by Crippen LogP contribution is 2.34. The van der Waals surface area contributed by atoms with Crippen LogP contribution in [0.25, 0.3) is 0 Å².